The third-order valence-electron chi connectivity index (χ3n) is 4.59. The van der Waals surface area contributed by atoms with E-state index >= 15 is 0 Å². The lowest BCUT2D eigenvalue weighted by Gasteiger charge is -2.46. The first kappa shape index (κ1) is 12.9. The third kappa shape index (κ3) is 1.51. The Morgan fingerprint density at radius 3 is 2.76 bits per heavy atom. The van der Waals surface area contributed by atoms with Gasteiger partial charge in [-0.05, 0) is 12.8 Å². The number of rotatable bonds is 1. The number of hydrogen-bond acceptors (Lipinski definition) is 8. The molecule has 9 nitrogen and oxygen atoms in total. The molecule has 5 atom stereocenters. The summed E-state index contributed by atoms with van der Waals surface area (Å²) in [5.74, 6) is 0.252. The van der Waals surface area contributed by atoms with Crippen molar-refractivity contribution in [2.75, 3.05) is 5.73 Å². The molecule has 112 valence electrons. The summed E-state index contributed by atoms with van der Waals surface area (Å²) in [6, 6.07) is -0.290. The molecule has 6 N–H and O–H groups in total. The summed E-state index contributed by atoms with van der Waals surface area (Å²) < 4.78 is 7.47. The molecule has 0 radical (unpaired) electrons. The number of fused-ring (bicyclic) bond motifs is 1. The quantitative estimate of drug-likeness (QED) is 0.498. The summed E-state index contributed by atoms with van der Waals surface area (Å²) in [5, 5.41) is 20.6. The third-order valence-corrected chi connectivity index (χ3v) is 4.59. The molecule has 1 aliphatic heterocycles. The SMILES string of the molecule is Nc1ncnc2c1ncn2C1O[C@]2(CC[C@H]2N)C(O)C1O. The molecule has 1 saturated carbocycles. The van der Waals surface area contributed by atoms with Crippen LogP contribution in [0.2, 0.25) is 0 Å². The fraction of sp³-hybridized carbons (Fsp3) is 0.583. The van der Waals surface area contributed by atoms with Gasteiger partial charge in [0, 0.05) is 6.04 Å². The second-order valence-electron chi connectivity index (χ2n) is 5.63. The van der Waals surface area contributed by atoms with Crippen molar-refractivity contribution in [1.29, 1.82) is 0 Å². The zero-order valence-corrected chi connectivity index (χ0v) is 11.1. The van der Waals surface area contributed by atoms with E-state index in [1.807, 2.05) is 0 Å². The van der Waals surface area contributed by atoms with E-state index in [0.29, 0.717) is 17.6 Å². The van der Waals surface area contributed by atoms with Crippen LogP contribution in [0.15, 0.2) is 12.7 Å². The Balaban J connectivity index is 1.78. The van der Waals surface area contributed by atoms with Gasteiger partial charge in [-0.15, -0.1) is 0 Å². The Hall–Kier alpha value is -1.81. The zero-order valence-electron chi connectivity index (χ0n) is 11.1. The largest absolute Gasteiger partial charge is 0.387 e. The van der Waals surface area contributed by atoms with Gasteiger partial charge in [0.25, 0.3) is 0 Å². The number of ether oxygens (including phenoxy) is 1. The average molecular weight is 292 g/mol. The fourth-order valence-corrected chi connectivity index (χ4v) is 3.20. The molecule has 1 saturated heterocycles. The predicted octanol–water partition coefficient (Wildman–Crippen LogP) is -1.48. The molecule has 3 heterocycles. The Labute approximate surface area is 119 Å². The van der Waals surface area contributed by atoms with Gasteiger partial charge >= 0.3 is 0 Å². The number of aliphatic hydroxyl groups excluding tert-OH is 2. The van der Waals surface area contributed by atoms with Crippen LogP contribution in [0.5, 0.6) is 0 Å². The number of hydrogen-bond donors (Lipinski definition) is 4. The van der Waals surface area contributed by atoms with Gasteiger partial charge in [0.1, 0.15) is 29.7 Å². The van der Waals surface area contributed by atoms with E-state index in [9.17, 15) is 10.2 Å². The highest BCUT2D eigenvalue weighted by Crippen LogP contribution is 2.48. The number of nitrogens with zero attached hydrogens (tertiary/aromatic N) is 4. The van der Waals surface area contributed by atoms with Crippen LogP contribution < -0.4 is 11.5 Å². The normalized spacial score (nSPS) is 39.0. The van der Waals surface area contributed by atoms with E-state index in [-0.39, 0.29) is 11.9 Å². The standard InChI is InChI=1S/C12H16N6O3/c13-5-1-2-12(5)8(20)7(19)11(21-12)18-4-17-6-9(14)15-3-16-10(6)18/h3-5,7-8,11,19-20H,1-2,13H2,(H2,14,15,16)/t5-,7?,8?,11?,12+/m1/s1. The summed E-state index contributed by atoms with van der Waals surface area (Å²) >= 11 is 0. The van der Waals surface area contributed by atoms with Gasteiger partial charge in [0.05, 0.1) is 6.33 Å². The number of nitrogens with two attached hydrogens (primary N) is 2. The van der Waals surface area contributed by atoms with Crippen LogP contribution in [0.1, 0.15) is 19.1 Å². The maximum atomic E-state index is 10.3. The summed E-state index contributed by atoms with van der Waals surface area (Å²) in [5.41, 5.74) is 11.7. The zero-order chi connectivity index (χ0) is 14.8. The van der Waals surface area contributed by atoms with Crippen molar-refractivity contribution in [2.24, 2.45) is 5.73 Å². The highest BCUT2D eigenvalue weighted by Gasteiger charge is 2.62. The molecule has 2 aromatic rings. The highest BCUT2D eigenvalue weighted by molar-refractivity contribution is 5.81. The van der Waals surface area contributed by atoms with E-state index in [0.717, 1.165) is 6.42 Å². The summed E-state index contributed by atoms with van der Waals surface area (Å²) in [4.78, 5) is 12.1. The first-order valence-corrected chi connectivity index (χ1v) is 6.77. The van der Waals surface area contributed by atoms with Crippen LogP contribution in [-0.4, -0.2) is 53.6 Å². The minimum absolute atomic E-state index is 0.252. The molecule has 1 aliphatic carbocycles. The van der Waals surface area contributed by atoms with Crippen molar-refractivity contribution >= 4 is 17.0 Å². The number of aliphatic hydroxyl groups is 2. The number of aromatic nitrogens is 4. The highest BCUT2D eigenvalue weighted by atomic mass is 16.6. The first-order valence-electron chi connectivity index (χ1n) is 6.77. The molecule has 9 heteroatoms. The molecule has 0 bridgehead atoms. The van der Waals surface area contributed by atoms with E-state index in [2.05, 4.69) is 15.0 Å². The predicted molar refractivity (Wildman–Crippen MR) is 71.8 cm³/mol. The fourth-order valence-electron chi connectivity index (χ4n) is 3.20. The molecule has 0 aromatic carbocycles. The minimum Gasteiger partial charge on any atom is -0.387 e. The second kappa shape index (κ2) is 4.10. The lowest BCUT2D eigenvalue weighted by atomic mass is 9.71. The summed E-state index contributed by atoms with van der Waals surface area (Å²) in [6.45, 7) is 0. The van der Waals surface area contributed by atoms with Gasteiger partial charge in [-0.2, -0.15) is 0 Å². The second-order valence-corrected chi connectivity index (χ2v) is 5.63. The Bertz CT molecular complexity index is 705. The van der Waals surface area contributed by atoms with Gasteiger partial charge in [-0.25, -0.2) is 15.0 Å². The number of imidazole rings is 1. The van der Waals surface area contributed by atoms with Gasteiger partial charge < -0.3 is 26.4 Å². The van der Waals surface area contributed by atoms with Crippen molar-refractivity contribution in [3.8, 4) is 0 Å². The van der Waals surface area contributed by atoms with Crippen LogP contribution in [0.3, 0.4) is 0 Å². The van der Waals surface area contributed by atoms with Crippen molar-refractivity contribution in [1.82, 2.24) is 19.5 Å². The minimum atomic E-state index is -1.11. The van der Waals surface area contributed by atoms with Crippen LogP contribution >= 0.6 is 0 Å². The molecule has 21 heavy (non-hydrogen) atoms. The Morgan fingerprint density at radius 1 is 1.33 bits per heavy atom. The van der Waals surface area contributed by atoms with Crippen LogP contribution in [0, 0.1) is 0 Å². The summed E-state index contributed by atoms with van der Waals surface area (Å²) in [6.07, 6.45) is 1.22. The molecule has 2 aromatic heterocycles. The molecular weight excluding hydrogens is 276 g/mol. The Kier molecular flexibility index (Phi) is 2.52. The number of nitrogen functional groups attached to an aromatic ring is 1. The molecule has 0 amide bonds. The van der Waals surface area contributed by atoms with Crippen molar-refractivity contribution < 1.29 is 14.9 Å². The maximum Gasteiger partial charge on any atom is 0.167 e. The van der Waals surface area contributed by atoms with Crippen molar-refractivity contribution in [2.45, 2.75) is 42.9 Å². The molecular formula is C12H16N6O3. The first-order chi connectivity index (χ1) is 10.0. The van der Waals surface area contributed by atoms with E-state index in [4.69, 9.17) is 16.2 Å². The molecule has 2 fully saturated rings. The van der Waals surface area contributed by atoms with Gasteiger partial charge in [-0.1, -0.05) is 0 Å². The summed E-state index contributed by atoms with van der Waals surface area (Å²) in [7, 11) is 0. The lowest BCUT2D eigenvalue weighted by Crippen LogP contribution is -2.63. The van der Waals surface area contributed by atoms with E-state index < -0.39 is 24.0 Å². The smallest absolute Gasteiger partial charge is 0.167 e. The molecule has 4 rings (SSSR count). The van der Waals surface area contributed by atoms with Gasteiger partial charge in [0.2, 0.25) is 0 Å². The topological polar surface area (TPSA) is 145 Å². The monoisotopic (exact) mass is 292 g/mol. The molecule has 3 unspecified atom stereocenters. The van der Waals surface area contributed by atoms with Crippen molar-refractivity contribution in [3.63, 3.8) is 0 Å². The van der Waals surface area contributed by atoms with Crippen molar-refractivity contribution in [3.05, 3.63) is 12.7 Å². The molecule has 1 spiro atoms. The van der Waals surface area contributed by atoms with E-state index in [1.54, 1.807) is 4.57 Å². The lowest BCUT2D eigenvalue weighted by molar-refractivity contribution is -0.158. The molecule has 2 aliphatic rings. The maximum absolute atomic E-state index is 10.3. The van der Waals surface area contributed by atoms with Gasteiger partial charge in [-0.3, -0.25) is 4.57 Å². The van der Waals surface area contributed by atoms with E-state index in [1.165, 1.54) is 12.7 Å². The van der Waals surface area contributed by atoms with Crippen LogP contribution in [-0.2, 0) is 4.74 Å². The van der Waals surface area contributed by atoms with Crippen LogP contribution in [0.25, 0.3) is 11.2 Å². The van der Waals surface area contributed by atoms with Gasteiger partial charge in [0.15, 0.2) is 17.7 Å². The number of anilines is 1. The Morgan fingerprint density at radius 2 is 2.14 bits per heavy atom. The van der Waals surface area contributed by atoms with Crippen LogP contribution in [0.4, 0.5) is 5.82 Å². The average Bonchev–Trinajstić information content (AvgIpc) is 3.01.